The van der Waals surface area contributed by atoms with Gasteiger partial charge >= 0.3 is 5.69 Å². The van der Waals surface area contributed by atoms with Crippen LogP contribution in [-0.2, 0) is 41.0 Å². The average molecular weight is 505 g/mol. The van der Waals surface area contributed by atoms with Crippen LogP contribution in [-0.4, -0.2) is 33.4 Å². The highest BCUT2D eigenvalue weighted by atomic mass is 32.2. The molecule has 0 aliphatic heterocycles. The molecule has 11 nitrogen and oxygen atoms in total. The number of nitriles is 2. The number of nitrogens with zero attached hydrogens (tertiary/aromatic N) is 6. The lowest BCUT2D eigenvalue weighted by Crippen LogP contribution is -2.40. The van der Waals surface area contributed by atoms with Gasteiger partial charge in [-0.15, -0.1) is 0 Å². The summed E-state index contributed by atoms with van der Waals surface area (Å²) in [5, 5.41) is 18.9. The molecule has 2 aromatic heterocycles. The Morgan fingerprint density at radius 3 is 1.97 bits per heavy atom. The molecule has 36 heavy (non-hydrogen) atoms. The first kappa shape index (κ1) is 24.6. The van der Waals surface area contributed by atoms with Crippen LogP contribution in [0.2, 0.25) is 0 Å². The van der Waals surface area contributed by atoms with Gasteiger partial charge in [0.2, 0.25) is 0 Å². The molecule has 182 valence electrons. The molecule has 0 aliphatic rings. The zero-order chi connectivity index (χ0) is 26.0. The van der Waals surface area contributed by atoms with Crippen molar-refractivity contribution in [1.29, 1.82) is 10.5 Å². The average Bonchev–Trinajstić information content (AvgIpc) is 3.22. The molecular weight excluding hydrogens is 484 g/mol. The molecule has 0 atom stereocenters. The van der Waals surface area contributed by atoms with Crippen molar-refractivity contribution in [3.8, 4) is 12.1 Å². The largest absolute Gasteiger partial charge is 0.332 e. The lowest BCUT2D eigenvalue weighted by molar-refractivity contribution is 0.297. The predicted octanol–water partition coefficient (Wildman–Crippen LogP) is 1.21. The smallest absolute Gasteiger partial charge is 0.316 e. The molecule has 0 saturated heterocycles. The monoisotopic (exact) mass is 504 g/mol. The SMILES string of the molecule is Cn1c(=O)n(Cc2ccccc2C#N)c(=O)c2c1nc(COS(C)(=O)=O)n2Cc1ccccc1C#N. The Kier molecular flexibility index (Phi) is 6.57. The second-order valence-corrected chi connectivity index (χ2v) is 9.67. The minimum atomic E-state index is -3.84. The fraction of sp³-hybridized carbons (Fsp3) is 0.208. The van der Waals surface area contributed by atoms with E-state index in [1.165, 1.54) is 16.2 Å². The molecule has 2 aromatic carbocycles. The number of aromatic nitrogens is 4. The predicted molar refractivity (Wildman–Crippen MR) is 129 cm³/mol. The van der Waals surface area contributed by atoms with Crippen LogP contribution in [0.15, 0.2) is 58.1 Å². The van der Waals surface area contributed by atoms with Gasteiger partial charge in [0, 0.05) is 7.05 Å². The van der Waals surface area contributed by atoms with Gasteiger partial charge in [-0.05, 0) is 23.3 Å². The summed E-state index contributed by atoms with van der Waals surface area (Å²) in [5.41, 5.74) is 0.483. The van der Waals surface area contributed by atoms with Gasteiger partial charge in [0.05, 0.1) is 42.6 Å². The number of fused-ring (bicyclic) bond motifs is 1. The molecular formula is C24H20N6O5S. The summed E-state index contributed by atoms with van der Waals surface area (Å²) in [7, 11) is -2.39. The maximum Gasteiger partial charge on any atom is 0.332 e. The maximum atomic E-state index is 13.7. The maximum absolute atomic E-state index is 13.7. The Bertz CT molecular complexity index is 1800. The second kappa shape index (κ2) is 9.62. The quantitative estimate of drug-likeness (QED) is 0.341. The van der Waals surface area contributed by atoms with Crippen LogP contribution < -0.4 is 11.2 Å². The van der Waals surface area contributed by atoms with Gasteiger partial charge in [0.15, 0.2) is 11.2 Å². The van der Waals surface area contributed by atoms with Crippen LogP contribution in [0.5, 0.6) is 0 Å². The van der Waals surface area contributed by atoms with Crippen LogP contribution >= 0.6 is 0 Å². The van der Waals surface area contributed by atoms with E-state index in [9.17, 15) is 28.5 Å². The van der Waals surface area contributed by atoms with Gasteiger partial charge < -0.3 is 4.57 Å². The van der Waals surface area contributed by atoms with Crippen molar-refractivity contribution >= 4 is 21.3 Å². The molecule has 0 aliphatic carbocycles. The molecule has 2 heterocycles. The van der Waals surface area contributed by atoms with Crippen LogP contribution in [0, 0.1) is 22.7 Å². The molecule has 12 heteroatoms. The highest BCUT2D eigenvalue weighted by Crippen LogP contribution is 2.18. The van der Waals surface area contributed by atoms with E-state index in [0.717, 1.165) is 10.8 Å². The molecule has 0 fully saturated rings. The highest BCUT2D eigenvalue weighted by molar-refractivity contribution is 7.85. The fourth-order valence-electron chi connectivity index (χ4n) is 3.87. The van der Waals surface area contributed by atoms with Gasteiger partial charge in [-0.2, -0.15) is 18.9 Å². The molecule has 0 radical (unpaired) electrons. The first-order valence-corrected chi connectivity index (χ1v) is 12.5. The molecule has 4 aromatic rings. The molecule has 4 rings (SSSR count). The van der Waals surface area contributed by atoms with Crippen LogP contribution in [0.1, 0.15) is 28.1 Å². The summed E-state index contributed by atoms with van der Waals surface area (Å²) >= 11 is 0. The number of aryl methyl sites for hydroxylation is 1. The van der Waals surface area contributed by atoms with Crippen molar-refractivity contribution in [2.24, 2.45) is 7.05 Å². The minimum Gasteiger partial charge on any atom is -0.316 e. The van der Waals surface area contributed by atoms with Crippen LogP contribution in [0.3, 0.4) is 0 Å². The molecule has 0 spiro atoms. The summed E-state index contributed by atoms with van der Waals surface area (Å²) in [6, 6.07) is 17.5. The fourth-order valence-corrected chi connectivity index (χ4v) is 4.19. The zero-order valence-corrected chi connectivity index (χ0v) is 20.2. The first-order valence-electron chi connectivity index (χ1n) is 10.6. The Morgan fingerprint density at radius 1 is 0.917 bits per heavy atom. The van der Waals surface area contributed by atoms with Crippen molar-refractivity contribution in [1.82, 2.24) is 18.7 Å². The third-order valence-corrected chi connectivity index (χ3v) is 6.19. The standard InChI is InChI=1S/C24H20N6O5S/c1-28-22-21(23(31)30(24(28)32)14-19-10-6-4-8-17(19)12-26)29(20(27-22)15-35-36(2,33)34)13-18-9-5-3-7-16(18)11-25/h3-10H,13-15H2,1-2H3. The lowest BCUT2D eigenvalue weighted by Gasteiger charge is -2.12. The van der Waals surface area contributed by atoms with E-state index in [1.54, 1.807) is 48.5 Å². The van der Waals surface area contributed by atoms with E-state index < -0.39 is 28.0 Å². The van der Waals surface area contributed by atoms with Gasteiger partial charge in [-0.25, -0.2) is 9.78 Å². The summed E-state index contributed by atoms with van der Waals surface area (Å²) < 4.78 is 31.9. The number of benzene rings is 2. The van der Waals surface area contributed by atoms with Crippen molar-refractivity contribution in [3.63, 3.8) is 0 Å². The Hall–Kier alpha value is -4.52. The van der Waals surface area contributed by atoms with E-state index in [2.05, 4.69) is 17.1 Å². The Morgan fingerprint density at radius 2 is 1.44 bits per heavy atom. The zero-order valence-electron chi connectivity index (χ0n) is 19.4. The number of hydrogen-bond donors (Lipinski definition) is 0. The van der Waals surface area contributed by atoms with Crippen molar-refractivity contribution in [3.05, 3.63) is 97.4 Å². The third kappa shape index (κ3) is 4.68. The third-order valence-electron chi connectivity index (χ3n) is 5.65. The first-order chi connectivity index (χ1) is 17.1. The summed E-state index contributed by atoms with van der Waals surface area (Å²) in [5.74, 6) is 0.0884. The van der Waals surface area contributed by atoms with Gasteiger partial charge in [0.1, 0.15) is 12.4 Å². The minimum absolute atomic E-state index is 0.00488. The number of hydrogen-bond acceptors (Lipinski definition) is 8. The van der Waals surface area contributed by atoms with Crippen LogP contribution in [0.25, 0.3) is 11.2 Å². The molecule has 0 N–H and O–H groups in total. The molecule has 0 saturated carbocycles. The topological polar surface area (TPSA) is 153 Å². The van der Waals surface area contributed by atoms with E-state index in [1.807, 2.05) is 0 Å². The van der Waals surface area contributed by atoms with Gasteiger partial charge in [-0.3, -0.25) is 18.1 Å². The normalized spacial score (nSPS) is 11.3. The van der Waals surface area contributed by atoms with E-state index in [-0.39, 0.29) is 30.1 Å². The summed E-state index contributed by atoms with van der Waals surface area (Å²) in [6.45, 7) is -0.627. The van der Waals surface area contributed by atoms with E-state index in [4.69, 9.17) is 4.18 Å². The Balaban J connectivity index is 1.98. The molecule has 0 amide bonds. The number of rotatable bonds is 7. The van der Waals surface area contributed by atoms with Gasteiger partial charge in [-0.1, -0.05) is 36.4 Å². The van der Waals surface area contributed by atoms with E-state index in [0.29, 0.717) is 22.3 Å². The highest BCUT2D eigenvalue weighted by Gasteiger charge is 2.22. The van der Waals surface area contributed by atoms with Crippen molar-refractivity contribution in [2.75, 3.05) is 6.26 Å². The summed E-state index contributed by atoms with van der Waals surface area (Å²) in [6.07, 6.45) is 0.889. The van der Waals surface area contributed by atoms with E-state index >= 15 is 0 Å². The Labute approximate surface area is 205 Å². The number of imidazole rings is 1. The lowest BCUT2D eigenvalue weighted by atomic mass is 10.1. The second-order valence-electron chi connectivity index (χ2n) is 8.02. The molecule has 0 bridgehead atoms. The van der Waals surface area contributed by atoms with Crippen LogP contribution in [0.4, 0.5) is 0 Å². The van der Waals surface area contributed by atoms with Crippen molar-refractivity contribution in [2.45, 2.75) is 19.7 Å². The summed E-state index contributed by atoms with van der Waals surface area (Å²) in [4.78, 5) is 31.2. The molecule has 0 unspecified atom stereocenters. The van der Waals surface area contributed by atoms with Gasteiger partial charge in [0.25, 0.3) is 15.7 Å². The van der Waals surface area contributed by atoms with Crippen molar-refractivity contribution < 1.29 is 12.6 Å².